The fourth-order valence-electron chi connectivity index (χ4n) is 4.28. The molecule has 34 heavy (non-hydrogen) atoms. The van der Waals surface area contributed by atoms with Gasteiger partial charge in [0.1, 0.15) is 18.4 Å². The van der Waals surface area contributed by atoms with Crippen LogP contribution in [-0.2, 0) is 20.9 Å². The summed E-state index contributed by atoms with van der Waals surface area (Å²) in [6, 6.07) is 16.4. The van der Waals surface area contributed by atoms with E-state index in [1.165, 1.54) is 18.2 Å². The zero-order valence-corrected chi connectivity index (χ0v) is 19.0. The molecule has 176 valence electrons. The number of nitrogens with zero attached hydrogens (tertiary/aromatic N) is 1. The van der Waals surface area contributed by atoms with Gasteiger partial charge in [0.05, 0.1) is 19.2 Å². The Labute approximate surface area is 197 Å². The topological polar surface area (TPSA) is 109 Å². The Morgan fingerprint density at radius 3 is 2.24 bits per heavy atom. The van der Waals surface area contributed by atoms with E-state index in [1.807, 2.05) is 55.5 Å². The van der Waals surface area contributed by atoms with Gasteiger partial charge in [0.15, 0.2) is 0 Å². The SMILES string of the molecule is Cc1ccoc1CN(C)C(=O)C(CC(=O)O)NC(=O)OCC1c2ccccc2-c2ccccc21. The molecule has 0 aliphatic heterocycles. The molecule has 0 saturated carbocycles. The molecule has 0 spiro atoms. The largest absolute Gasteiger partial charge is 0.481 e. The van der Waals surface area contributed by atoms with Gasteiger partial charge in [-0.05, 0) is 40.8 Å². The van der Waals surface area contributed by atoms with Gasteiger partial charge in [-0.1, -0.05) is 48.5 Å². The second-order valence-corrected chi connectivity index (χ2v) is 8.34. The molecule has 8 heteroatoms. The number of nitrogens with one attached hydrogen (secondary N) is 1. The molecule has 1 heterocycles. The summed E-state index contributed by atoms with van der Waals surface area (Å²) in [4.78, 5) is 38.2. The van der Waals surface area contributed by atoms with Crippen molar-refractivity contribution in [2.24, 2.45) is 0 Å². The van der Waals surface area contributed by atoms with Crippen molar-refractivity contribution in [2.45, 2.75) is 31.8 Å². The van der Waals surface area contributed by atoms with Crippen molar-refractivity contribution < 1.29 is 28.6 Å². The van der Waals surface area contributed by atoms with Gasteiger partial charge < -0.3 is 24.5 Å². The number of carboxylic acids is 1. The van der Waals surface area contributed by atoms with Gasteiger partial charge in [0.2, 0.25) is 5.91 Å². The number of alkyl carbamates (subject to hydrolysis) is 1. The molecule has 2 amide bonds. The van der Waals surface area contributed by atoms with E-state index in [0.717, 1.165) is 27.8 Å². The molecule has 1 aromatic heterocycles. The molecular formula is C26H26N2O6. The third kappa shape index (κ3) is 4.80. The van der Waals surface area contributed by atoms with Gasteiger partial charge >= 0.3 is 12.1 Å². The predicted molar refractivity (Wildman–Crippen MR) is 124 cm³/mol. The quantitative estimate of drug-likeness (QED) is 0.525. The van der Waals surface area contributed by atoms with E-state index in [4.69, 9.17) is 9.15 Å². The number of rotatable bonds is 8. The number of hydrogen-bond donors (Lipinski definition) is 2. The number of furan rings is 1. The van der Waals surface area contributed by atoms with Crippen LogP contribution >= 0.6 is 0 Å². The van der Waals surface area contributed by atoms with Crippen molar-refractivity contribution in [3.8, 4) is 11.1 Å². The maximum absolute atomic E-state index is 12.9. The maximum atomic E-state index is 12.9. The lowest BCUT2D eigenvalue weighted by molar-refractivity contribution is -0.142. The molecule has 2 N–H and O–H groups in total. The maximum Gasteiger partial charge on any atom is 0.407 e. The summed E-state index contributed by atoms with van der Waals surface area (Å²) < 4.78 is 10.8. The predicted octanol–water partition coefficient (Wildman–Crippen LogP) is 3.93. The Balaban J connectivity index is 1.42. The molecule has 4 rings (SSSR count). The van der Waals surface area contributed by atoms with Gasteiger partial charge in [-0.25, -0.2) is 4.79 Å². The molecule has 2 aromatic carbocycles. The van der Waals surface area contributed by atoms with E-state index in [0.29, 0.717) is 5.76 Å². The van der Waals surface area contributed by atoms with Crippen LogP contribution in [0.15, 0.2) is 65.3 Å². The van der Waals surface area contributed by atoms with Crippen molar-refractivity contribution in [2.75, 3.05) is 13.7 Å². The van der Waals surface area contributed by atoms with Crippen LogP contribution in [0.4, 0.5) is 4.79 Å². The van der Waals surface area contributed by atoms with E-state index in [1.54, 1.807) is 6.07 Å². The molecule has 0 radical (unpaired) electrons. The number of likely N-dealkylation sites (N-methyl/N-ethyl adjacent to an activating group) is 1. The number of aryl methyl sites for hydroxylation is 1. The number of amides is 2. The third-order valence-electron chi connectivity index (χ3n) is 6.04. The van der Waals surface area contributed by atoms with E-state index in [-0.39, 0.29) is 19.1 Å². The lowest BCUT2D eigenvalue weighted by atomic mass is 9.98. The molecular weight excluding hydrogens is 436 g/mol. The summed E-state index contributed by atoms with van der Waals surface area (Å²) in [5, 5.41) is 11.7. The summed E-state index contributed by atoms with van der Waals surface area (Å²) >= 11 is 0. The van der Waals surface area contributed by atoms with E-state index >= 15 is 0 Å². The van der Waals surface area contributed by atoms with Crippen molar-refractivity contribution >= 4 is 18.0 Å². The Morgan fingerprint density at radius 2 is 1.68 bits per heavy atom. The van der Waals surface area contributed by atoms with Crippen LogP contribution in [-0.4, -0.2) is 47.7 Å². The zero-order chi connectivity index (χ0) is 24.2. The second-order valence-electron chi connectivity index (χ2n) is 8.34. The lowest BCUT2D eigenvalue weighted by Gasteiger charge is -2.23. The van der Waals surface area contributed by atoms with Gasteiger partial charge in [-0.3, -0.25) is 9.59 Å². The van der Waals surface area contributed by atoms with Crippen molar-refractivity contribution in [3.63, 3.8) is 0 Å². The van der Waals surface area contributed by atoms with Crippen molar-refractivity contribution in [1.29, 1.82) is 0 Å². The number of hydrogen-bond acceptors (Lipinski definition) is 5. The lowest BCUT2D eigenvalue weighted by Crippen LogP contribution is -2.48. The Hall–Kier alpha value is -4.07. The molecule has 8 nitrogen and oxygen atoms in total. The minimum atomic E-state index is -1.27. The average molecular weight is 463 g/mol. The Kier molecular flexibility index (Phi) is 6.67. The molecule has 0 bridgehead atoms. The second kappa shape index (κ2) is 9.82. The van der Waals surface area contributed by atoms with E-state index in [2.05, 4.69) is 5.32 Å². The van der Waals surface area contributed by atoms with Gasteiger partial charge in [-0.2, -0.15) is 0 Å². The molecule has 1 unspecified atom stereocenters. The van der Waals surface area contributed by atoms with Gasteiger partial charge in [-0.15, -0.1) is 0 Å². The van der Waals surface area contributed by atoms with E-state index < -0.39 is 30.4 Å². The van der Waals surface area contributed by atoms with Crippen LogP contribution in [0.25, 0.3) is 11.1 Å². The van der Waals surface area contributed by atoms with Crippen LogP contribution in [0.5, 0.6) is 0 Å². The summed E-state index contributed by atoms with van der Waals surface area (Å²) in [7, 11) is 1.53. The molecule has 1 aliphatic rings. The first kappa shape index (κ1) is 23.1. The smallest absolute Gasteiger partial charge is 0.407 e. The highest BCUT2D eigenvalue weighted by Gasteiger charge is 2.31. The highest BCUT2D eigenvalue weighted by atomic mass is 16.5. The van der Waals surface area contributed by atoms with Crippen LogP contribution < -0.4 is 5.32 Å². The number of carboxylic acid groups (broad SMARTS) is 1. The number of ether oxygens (including phenoxy) is 1. The van der Waals surface area contributed by atoms with Gasteiger partial charge in [0, 0.05) is 13.0 Å². The van der Waals surface area contributed by atoms with Gasteiger partial charge in [0.25, 0.3) is 0 Å². The first-order valence-corrected chi connectivity index (χ1v) is 11.0. The highest BCUT2D eigenvalue weighted by molar-refractivity contribution is 5.89. The molecule has 1 atom stereocenters. The average Bonchev–Trinajstić information content (AvgIpc) is 3.37. The van der Waals surface area contributed by atoms with Crippen LogP contribution in [0.1, 0.15) is 34.8 Å². The molecule has 1 aliphatic carbocycles. The number of benzene rings is 2. The normalized spacial score (nSPS) is 13.0. The fraction of sp³-hybridized carbons (Fsp3) is 0.269. The summed E-state index contributed by atoms with van der Waals surface area (Å²) in [5.74, 6) is -1.31. The summed E-state index contributed by atoms with van der Waals surface area (Å²) in [6.45, 7) is 2.07. The van der Waals surface area contributed by atoms with Crippen molar-refractivity contribution in [1.82, 2.24) is 10.2 Å². The minimum absolute atomic E-state index is 0.0648. The van der Waals surface area contributed by atoms with E-state index in [9.17, 15) is 19.5 Å². The number of aliphatic carboxylic acids is 1. The Morgan fingerprint density at radius 1 is 1.06 bits per heavy atom. The Bertz CT molecular complexity index is 1170. The number of carbonyl (C=O) groups is 3. The monoisotopic (exact) mass is 462 g/mol. The summed E-state index contributed by atoms with van der Waals surface area (Å²) in [5.41, 5.74) is 5.19. The molecule has 0 fully saturated rings. The molecule has 3 aromatic rings. The third-order valence-corrected chi connectivity index (χ3v) is 6.04. The van der Waals surface area contributed by atoms with Crippen LogP contribution in [0, 0.1) is 6.92 Å². The number of fused-ring (bicyclic) bond motifs is 3. The zero-order valence-electron chi connectivity index (χ0n) is 19.0. The number of carbonyl (C=O) groups excluding carboxylic acids is 2. The fourth-order valence-corrected chi connectivity index (χ4v) is 4.28. The summed E-state index contributed by atoms with van der Waals surface area (Å²) in [6.07, 6.45) is 0.112. The first-order chi connectivity index (χ1) is 16.3. The van der Waals surface area contributed by atoms with Crippen molar-refractivity contribution in [3.05, 3.63) is 83.3 Å². The highest BCUT2D eigenvalue weighted by Crippen LogP contribution is 2.44. The van der Waals surface area contributed by atoms with Crippen LogP contribution in [0.2, 0.25) is 0 Å². The van der Waals surface area contributed by atoms with Crippen LogP contribution in [0.3, 0.4) is 0 Å². The molecule has 0 saturated heterocycles. The minimum Gasteiger partial charge on any atom is -0.481 e. The first-order valence-electron chi connectivity index (χ1n) is 11.0. The standard InChI is InChI=1S/C26H26N2O6/c1-16-11-12-33-23(16)14-28(2)25(31)22(13-24(29)30)27-26(32)34-15-21-19-9-5-3-7-17(19)18-8-4-6-10-20(18)21/h3-12,21-22H,13-15H2,1-2H3,(H,27,32)(H,29,30).